The molecule has 1 heterocycles. The smallest absolute Gasteiger partial charge is 0.407 e. The van der Waals surface area contributed by atoms with Crippen molar-refractivity contribution in [2.24, 2.45) is 0 Å². The molecule has 0 bridgehead atoms. The van der Waals surface area contributed by atoms with E-state index < -0.39 is 12.1 Å². The molecule has 2 aromatic carbocycles. The number of piperidine rings is 1. The molecule has 1 atom stereocenters. The summed E-state index contributed by atoms with van der Waals surface area (Å²) in [6, 6.07) is 16.0. The molecule has 1 saturated heterocycles. The van der Waals surface area contributed by atoms with Crippen LogP contribution in [0.3, 0.4) is 0 Å². The standard InChI is InChI=1S/C25H28N2O5/c28-23(27-14-6-5-7-17(27)15-24(29)30)12-13-26-25(31)32-16-22-20-10-3-1-8-18(20)19-9-2-4-11-21(19)22/h1-4,8-11,17,22H,5-7,12-16H2,(H,26,31)(H,29,30)/t17-/m1/s1. The topological polar surface area (TPSA) is 95.9 Å². The van der Waals surface area contributed by atoms with Gasteiger partial charge in [-0.05, 0) is 41.5 Å². The van der Waals surface area contributed by atoms with Gasteiger partial charge >= 0.3 is 12.1 Å². The lowest BCUT2D eigenvalue weighted by Gasteiger charge is -2.35. The molecular formula is C25H28N2O5. The summed E-state index contributed by atoms with van der Waals surface area (Å²) in [5, 5.41) is 11.7. The van der Waals surface area contributed by atoms with Gasteiger partial charge < -0.3 is 20.1 Å². The number of fused-ring (bicyclic) bond motifs is 3. The van der Waals surface area contributed by atoms with Crippen LogP contribution in [0.25, 0.3) is 11.1 Å². The van der Waals surface area contributed by atoms with Crippen LogP contribution in [0.15, 0.2) is 48.5 Å². The number of hydrogen-bond donors (Lipinski definition) is 2. The summed E-state index contributed by atoms with van der Waals surface area (Å²) in [5.74, 6) is -1.04. The van der Waals surface area contributed by atoms with Crippen molar-refractivity contribution in [2.75, 3.05) is 19.7 Å². The predicted octanol–water partition coefficient (Wildman–Crippen LogP) is 3.77. The summed E-state index contributed by atoms with van der Waals surface area (Å²) in [4.78, 5) is 37.5. The van der Waals surface area contributed by atoms with Gasteiger partial charge in [0, 0.05) is 31.5 Å². The number of alkyl carbamates (subject to hydrolysis) is 1. The first-order chi connectivity index (χ1) is 15.5. The van der Waals surface area contributed by atoms with Gasteiger partial charge in [-0.1, -0.05) is 48.5 Å². The number of nitrogens with zero attached hydrogens (tertiary/aromatic N) is 1. The number of carbonyl (C=O) groups excluding carboxylic acids is 2. The van der Waals surface area contributed by atoms with Crippen LogP contribution in [-0.2, 0) is 14.3 Å². The molecule has 1 aliphatic carbocycles. The largest absolute Gasteiger partial charge is 0.481 e. The van der Waals surface area contributed by atoms with Crippen LogP contribution < -0.4 is 5.32 Å². The molecule has 2 aromatic rings. The molecule has 7 heteroatoms. The van der Waals surface area contributed by atoms with E-state index in [-0.39, 0.29) is 43.9 Å². The van der Waals surface area contributed by atoms with Crippen molar-refractivity contribution in [1.82, 2.24) is 10.2 Å². The first-order valence-electron chi connectivity index (χ1n) is 11.1. The lowest BCUT2D eigenvalue weighted by Crippen LogP contribution is -2.45. The van der Waals surface area contributed by atoms with Crippen molar-refractivity contribution in [2.45, 2.75) is 44.1 Å². The molecule has 168 valence electrons. The van der Waals surface area contributed by atoms with E-state index in [0.29, 0.717) is 13.0 Å². The second-order valence-corrected chi connectivity index (χ2v) is 8.34. The highest BCUT2D eigenvalue weighted by atomic mass is 16.5. The molecule has 1 fully saturated rings. The third-order valence-corrected chi connectivity index (χ3v) is 6.31. The number of ether oxygens (including phenoxy) is 1. The number of carbonyl (C=O) groups is 3. The van der Waals surface area contributed by atoms with Crippen LogP contribution in [0.1, 0.15) is 49.1 Å². The highest BCUT2D eigenvalue weighted by Gasteiger charge is 2.30. The van der Waals surface area contributed by atoms with Crippen LogP contribution in [0.5, 0.6) is 0 Å². The zero-order chi connectivity index (χ0) is 22.5. The van der Waals surface area contributed by atoms with Gasteiger partial charge in [0.2, 0.25) is 5.91 Å². The third kappa shape index (κ3) is 4.77. The molecular weight excluding hydrogens is 408 g/mol. The lowest BCUT2D eigenvalue weighted by molar-refractivity contribution is -0.141. The predicted molar refractivity (Wildman–Crippen MR) is 119 cm³/mol. The molecule has 2 aliphatic rings. The Morgan fingerprint density at radius 2 is 1.66 bits per heavy atom. The molecule has 4 rings (SSSR count). The Hall–Kier alpha value is -3.35. The second-order valence-electron chi connectivity index (χ2n) is 8.34. The number of carboxylic acids is 1. The number of amides is 2. The Morgan fingerprint density at radius 1 is 1.00 bits per heavy atom. The maximum atomic E-state index is 12.6. The maximum absolute atomic E-state index is 12.6. The minimum absolute atomic E-state index is 0.0140. The Balaban J connectivity index is 1.27. The quantitative estimate of drug-likeness (QED) is 0.689. The zero-order valence-corrected chi connectivity index (χ0v) is 18.0. The number of hydrogen-bond acceptors (Lipinski definition) is 4. The highest BCUT2D eigenvalue weighted by molar-refractivity contribution is 5.80. The Kier molecular flexibility index (Phi) is 6.73. The minimum atomic E-state index is -0.897. The summed E-state index contributed by atoms with van der Waals surface area (Å²) in [7, 11) is 0. The first kappa shape index (κ1) is 21.9. The molecule has 2 N–H and O–H groups in total. The number of nitrogens with one attached hydrogen (secondary N) is 1. The van der Waals surface area contributed by atoms with Crippen molar-refractivity contribution in [3.63, 3.8) is 0 Å². The number of likely N-dealkylation sites (tertiary alicyclic amines) is 1. The van der Waals surface area contributed by atoms with E-state index in [0.717, 1.165) is 24.0 Å². The normalized spacial score (nSPS) is 17.4. The molecule has 2 amide bonds. The van der Waals surface area contributed by atoms with Gasteiger partial charge in [0.1, 0.15) is 6.61 Å². The van der Waals surface area contributed by atoms with Gasteiger partial charge in [0.15, 0.2) is 0 Å². The minimum Gasteiger partial charge on any atom is -0.481 e. The SMILES string of the molecule is O=C(O)C[C@H]1CCCCN1C(=O)CCNC(=O)OCC1c2ccccc2-c2ccccc21. The van der Waals surface area contributed by atoms with Crippen LogP contribution >= 0.6 is 0 Å². The van der Waals surface area contributed by atoms with E-state index >= 15 is 0 Å². The summed E-state index contributed by atoms with van der Waals surface area (Å²) in [6.07, 6.45) is 2.05. The second kappa shape index (κ2) is 9.85. The molecule has 0 aromatic heterocycles. The Morgan fingerprint density at radius 3 is 2.31 bits per heavy atom. The summed E-state index contributed by atoms with van der Waals surface area (Å²) >= 11 is 0. The summed E-state index contributed by atoms with van der Waals surface area (Å²) < 4.78 is 5.49. The highest BCUT2D eigenvalue weighted by Crippen LogP contribution is 2.44. The van der Waals surface area contributed by atoms with E-state index in [4.69, 9.17) is 9.84 Å². The van der Waals surface area contributed by atoms with Crippen LogP contribution in [0, 0.1) is 0 Å². The number of rotatable bonds is 7. The van der Waals surface area contributed by atoms with Gasteiger partial charge in [-0.15, -0.1) is 0 Å². The van der Waals surface area contributed by atoms with Gasteiger partial charge in [0.25, 0.3) is 0 Å². The van der Waals surface area contributed by atoms with Crippen LogP contribution in [0.4, 0.5) is 4.79 Å². The van der Waals surface area contributed by atoms with Crippen molar-refractivity contribution in [1.29, 1.82) is 0 Å². The van der Waals surface area contributed by atoms with Gasteiger partial charge in [-0.2, -0.15) is 0 Å². The molecule has 0 spiro atoms. The lowest BCUT2D eigenvalue weighted by atomic mass is 9.98. The third-order valence-electron chi connectivity index (χ3n) is 6.31. The molecule has 0 saturated carbocycles. The fourth-order valence-corrected chi connectivity index (χ4v) is 4.81. The first-order valence-corrected chi connectivity index (χ1v) is 11.1. The maximum Gasteiger partial charge on any atom is 0.407 e. The summed E-state index contributed by atoms with van der Waals surface area (Å²) in [5.41, 5.74) is 4.62. The van der Waals surface area contributed by atoms with E-state index in [1.54, 1.807) is 4.90 Å². The van der Waals surface area contributed by atoms with E-state index in [2.05, 4.69) is 29.6 Å². The van der Waals surface area contributed by atoms with Gasteiger partial charge in [-0.3, -0.25) is 9.59 Å². The molecule has 0 radical (unpaired) electrons. The van der Waals surface area contributed by atoms with Crippen molar-refractivity contribution < 1.29 is 24.2 Å². The van der Waals surface area contributed by atoms with E-state index in [9.17, 15) is 14.4 Å². The van der Waals surface area contributed by atoms with Crippen LogP contribution in [0.2, 0.25) is 0 Å². The van der Waals surface area contributed by atoms with Crippen molar-refractivity contribution >= 4 is 18.0 Å². The summed E-state index contributed by atoms with van der Waals surface area (Å²) in [6.45, 7) is 0.953. The van der Waals surface area contributed by atoms with Crippen molar-refractivity contribution in [3.8, 4) is 11.1 Å². The average Bonchev–Trinajstić information content (AvgIpc) is 3.11. The molecule has 0 unspecified atom stereocenters. The Labute approximate surface area is 187 Å². The number of aliphatic carboxylic acids is 1. The van der Waals surface area contributed by atoms with Gasteiger partial charge in [-0.25, -0.2) is 4.79 Å². The fraction of sp³-hybridized carbons (Fsp3) is 0.400. The number of benzene rings is 2. The van der Waals surface area contributed by atoms with Crippen LogP contribution in [-0.4, -0.2) is 53.7 Å². The molecule has 7 nitrogen and oxygen atoms in total. The fourth-order valence-electron chi connectivity index (χ4n) is 4.81. The monoisotopic (exact) mass is 436 g/mol. The number of carboxylic acid groups (broad SMARTS) is 1. The van der Waals surface area contributed by atoms with Crippen molar-refractivity contribution in [3.05, 3.63) is 59.7 Å². The average molecular weight is 437 g/mol. The molecule has 1 aliphatic heterocycles. The zero-order valence-electron chi connectivity index (χ0n) is 18.0. The molecule has 32 heavy (non-hydrogen) atoms. The van der Waals surface area contributed by atoms with E-state index in [1.165, 1.54) is 11.1 Å². The van der Waals surface area contributed by atoms with E-state index in [1.807, 2.05) is 24.3 Å². The van der Waals surface area contributed by atoms with Gasteiger partial charge in [0.05, 0.1) is 6.42 Å². The Bertz CT molecular complexity index is 960.